The first-order valence-electron chi connectivity index (χ1n) is 12.2. The maximum atomic E-state index is 12.1. The van der Waals surface area contributed by atoms with Gasteiger partial charge in [-0.2, -0.15) is 0 Å². The lowest BCUT2D eigenvalue weighted by atomic mass is 10.0. The van der Waals surface area contributed by atoms with Gasteiger partial charge in [0.05, 0.1) is 13.2 Å². The van der Waals surface area contributed by atoms with E-state index < -0.39 is 11.3 Å². The van der Waals surface area contributed by atoms with E-state index in [1.165, 1.54) is 70.6 Å². The van der Waals surface area contributed by atoms with Gasteiger partial charge in [0.25, 0.3) is 0 Å². The number of amides is 1. The molecule has 0 aromatic heterocycles. The molecule has 0 radical (unpaired) electrons. The van der Waals surface area contributed by atoms with Crippen LogP contribution in [0.4, 0.5) is 0 Å². The van der Waals surface area contributed by atoms with Crippen molar-refractivity contribution in [2.75, 3.05) is 6.61 Å². The van der Waals surface area contributed by atoms with E-state index in [0.29, 0.717) is 13.0 Å². The second kappa shape index (κ2) is 19.3. The van der Waals surface area contributed by atoms with Gasteiger partial charge in [-0.1, -0.05) is 114 Å². The summed E-state index contributed by atoms with van der Waals surface area (Å²) in [5.74, 6) is -0.134. The van der Waals surface area contributed by atoms with E-state index in [1.54, 1.807) is 0 Å². The van der Waals surface area contributed by atoms with Gasteiger partial charge in [0, 0.05) is 6.42 Å². The Balaban J connectivity index is 1.99. The van der Waals surface area contributed by atoms with Crippen molar-refractivity contribution in [3.05, 3.63) is 35.9 Å². The molecule has 4 nitrogen and oxygen atoms in total. The van der Waals surface area contributed by atoms with Crippen LogP contribution in [0.3, 0.4) is 0 Å². The highest BCUT2D eigenvalue weighted by Gasteiger charge is 2.19. The number of hydrogen-bond acceptors (Lipinski definition) is 3. The molecule has 0 bridgehead atoms. The summed E-state index contributed by atoms with van der Waals surface area (Å²) in [5, 5.41) is 2.11. The molecule has 1 N–H and O–H groups in total. The summed E-state index contributed by atoms with van der Waals surface area (Å²) < 4.78 is 5.55. The van der Waals surface area contributed by atoms with Crippen LogP contribution < -0.4 is 5.32 Å². The summed E-state index contributed by atoms with van der Waals surface area (Å²) >= 11 is 5.62. The minimum absolute atomic E-state index is 0.0849. The summed E-state index contributed by atoms with van der Waals surface area (Å²) in [6.45, 7) is 2.73. The molecule has 1 rings (SSSR count). The highest BCUT2D eigenvalue weighted by molar-refractivity contribution is 6.64. The summed E-state index contributed by atoms with van der Waals surface area (Å²) in [6, 6.07) is 8.90. The minimum atomic E-state index is -0.792. The number of benzene rings is 1. The molecule has 0 heterocycles. The lowest BCUT2D eigenvalue weighted by Gasteiger charge is -2.15. The van der Waals surface area contributed by atoms with Gasteiger partial charge in [0.15, 0.2) is 0 Å². The fraction of sp³-hybridized carbons (Fsp3) is 0.692. The van der Waals surface area contributed by atoms with Crippen LogP contribution in [-0.2, 0) is 20.9 Å². The normalized spacial score (nSPS) is 11.9. The molecule has 0 unspecified atom stereocenters. The zero-order chi connectivity index (χ0) is 22.6. The Morgan fingerprint density at radius 1 is 0.839 bits per heavy atom. The Kier molecular flexibility index (Phi) is 17.2. The quantitative estimate of drug-likeness (QED) is 0.172. The number of nitrogens with one attached hydrogen (secondary N) is 1. The Bertz CT molecular complexity index is 579. The third-order valence-corrected chi connectivity index (χ3v) is 5.78. The topological polar surface area (TPSA) is 55.4 Å². The highest BCUT2D eigenvalue weighted by atomic mass is 35.5. The van der Waals surface area contributed by atoms with Gasteiger partial charge in [-0.25, -0.2) is 0 Å². The van der Waals surface area contributed by atoms with Crippen LogP contribution in [0.25, 0.3) is 0 Å². The lowest BCUT2D eigenvalue weighted by Crippen LogP contribution is -2.42. The number of hydrogen-bond donors (Lipinski definition) is 1. The molecule has 1 atom stereocenters. The van der Waals surface area contributed by atoms with Crippen molar-refractivity contribution in [1.82, 2.24) is 5.32 Å². The predicted octanol–water partition coefficient (Wildman–Crippen LogP) is 6.93. The van der Waals surface area contributed by atoms with Gasteiger partial charge >= 0.3 is 0 Å². The Morgan fingerprint density at radius 2 is 1.35 bits per heavy atom. The number of halogens is 1. The van der Waals surface area contributed by atoms with Gasteiger partial charge in [-0.15, -0.1) is 0 Å². The Morgan fingerprint density at radius 3 is 1.87 bits per heavy atom. The number of carbonyl (C=O) groups excluding carboxylic acids is 2. The van der Waals surface area contributed by atoms with Crippen molar-refractivity contribution in [2.45, 2.75) is 109 Å². The van der Waals surface area contributed by atoms with Crippen LogP contribution in [0.1, 0.15) is 102 Å². The summed E-state index contributed by atoms with van der Waals surface area (Å²) in [4.78, 5) is 23.7. The van der Waals surface area contributed by atoms with Crippen LogP contribution in [-0.4, -0.2) is 23.8 Å². The maximum absolute atomic E-state index is 12.1. The SMILES string of the molecule is CCCCCCCCCCCCCCCC(=O)N[C@@H](COCc1ccccc1)C(=O)Cl. The van der Waals surface area contributed by atoms with Crippen molar-refractivity contribution < 1.29 is 14.3 Å². The largest absolute Gasteiger partial charge is 0.374 e. The first kappa shape index (κ1) is 27.6. The number of rotatable bonds is 20. The lowest BCUT2D eigenvalue weighted by molar-refractivity contribution is -0.126. The summed E-state index contributed by atoms with van der Waals surface area (Å²) in [5.41, 5.74) is 1.02. The smallest absolute Gasteiger partial charge is 0.246 e. The molecule has 0 aliphatic carbocycles. The van der Waals surface area contributed by atoms with Crippen LogP contribution in [0.5, 0.6) is 0 Å². The second-order valence-electron chi connectivity index (χ2n) is 8.42. The standard InChI is InChI=1S/C26H42ClNO3/c1-2-3-4-5-6-7-8-9-10-11-12-13-17-20-25(29)28-24(26(27)30)22-31-21-23-18-15-14-16-19-23/h14-16,18-19,24H,2-13,17,20-22H2,1H3,(H,28,29)/t24-/m0/s1. The van der Waals surface area contributed by atoms with Gasteiger partial charge in [0.2, 0.25) is 11.1 Å². The first-order valence-corrected chi connectivity index (χ1v) is 12.6. The van der Waals surface area contributed by atoms with E-state index >= 15 is 0 Å². The van der Waals surface area contributed by atoms with Crippen LogP contribution in [0.15, 0.2) is 30.3 Å². The van der Waals surface area contributed by atoms with Crippen LogP contribution >= 0.6 is 11.6 Å². The van der Waals surface area contributed by atoms with Crippen molar-refractivity contribution >= 4 is 22.8 Å². The fourth-order valence-corrected chi connectivity index (χ4v) is 3.72. The molecular weight excluding hydrogens is 410 g/mol. The molecule has 5 heteroatoms. The molecule has 0 fully saturated rings. The molecule has 0 spiro atoms. The Labute approximate surface area is 194 Å². The highest BCUT2D eigenvalue weighted by Crippen LogP contribution is 2.13. The number of carbonyl (C=O) groups is 2. The monoisotopic (exact) mass is 451 g/mol. The molecule has 176 valence electrons. The number of ether oxygens (including phenoxy) is 1. The molecule has 0 saturated heterocycles. The molecule has 0 aliphatic rings. The Hall–Kier alpha value is -1.39. The van der Waals surface area contributed by atoms with E-state index in [1.807, 2.05) is 30.3 Å². The molecule has 1 aromatic carbocycles. The first-order chi connectivity index (χ1) is 15.1. The third-order valence-electron chi connectivity index (χ3n) is 5.51. The molecule has 31 heavy (non-hydrogen) atoms. The van der Waals surface area contributed by atoms with E-state index in [9.17, 15) is 9.59 Å². The zero-order valence-electron chi connectivity index (χ0n) is 19.4. The van der Waals surface area contributed by atoms with E-state index in [-0.39, 0.29) is 12.5 Å². The minimum Gasteiger partial charge on any atom is -0.374 e. The molecule has 0 saturated carbocycles. The van der Waals surface area contributed by atoms with Crippen molar-refractivity contribution in [2.24, 2.45) is 0 Å². The molecule has 0 aliphatic heterocycles. The van der Waals surface area contributed by atoms with Crippen molar-refractivity contribution in [1.29, 1.82) is 0 Å². The van der Waals surface area contributed by atoms with E-state index in [2.05, 4.69) is 12.2 Å². The van der Waals surface area contributed by atoms with E-state index in [0.717, 1.165) is 18.4 Å². The van der Waals surface area contributed by atoms with Crippen molar-refractivity contribution in [3.63, 3.8) is 0 Å². The average Bonchev–Trinajstić information content (AvgIpc) is 2.77. The fourth-order valence-electron chi connectivity index (χ4n) is 3.60. The molecular formula is C26H42ClNO3. The van der Waals surface area contributed by atoms with Crippen LogP contribution in [0.2, 0.25) is 0 Å². The maximum Gasteiger partial charge on any atom is 0.246 e. The van der Waals surface area contributed by atoms with Gasteiger partial charge in [-0.05, 0) is 23.6 Å². The van der Waals surface area contributed by atoms with E-state index in [4.69, 9.17) is 16.3 Å². The molecule has 1 aromatic rings. The van der Waals surface area contributed by atoms with Crippen LogP contribution in [0, 0.1) is 0 Å². The van der Waals surface area contributed by atoms with Gasteiger partial charge < -0.3 is 10.1 Å². The third kappa shape index (κ3) is 16.0. The zero-order valence-corrected chi connectivity index (χ0v) is 20.1. The second-order valence-corrected chi connectivity index (χ2v) is 8.79. The summed E-state index contributed by atoms with van der Waals surface area (Å²) in [6.07, 6.45) is 17.0. The molecule has 1 amide bonds. The van der Waals surface area contributed by atoms with Crippen molar-refractivity contribution in [3.8, 4) is 0 Å². The predicted molar refractivity (Wildman–Crippen MR) is 129 cm³/mol. The van der Waals surface area contributed by atoms with Gasteiger partial charge in [-0.3, -0.25) is 9.59 Å². The summed E-state index contributed by atoms with van der Waals surface area (Å²) in [7, 11) is 0. The van der Waals surface area contributed by atoms with Gasteiger partial charge in [0.1, 0.15) is 6.04 Å². The number of unbranched alkanes of at least 4 members (excludes halogenated alkanes) is 12. The average molecular weight is 452 g/mol.